The Hall–Kier alpha value is -3.03. The second kappa shape index (κ2) is 9.85. The highest BCUT2D eigenvalue weighted by Gasteiger charge is 2.35. The molecule has 2 atom stereocenters. The fourth-order valence-corrected chi connectivity index (χ4v) is 4.99. The van der Waals surface area contributed by atoms with Crippen LogP contribution in [0.2, 0.25) is 0 Å². The number of anilines is 1. The van der Waals surface area contributed by atoms with Crippen LogP contribution in [0.5, 0.6) is 11.5 Å². The molecular formula is C26H28N2O4S. The molecule has 2 aromatic carbocycles. The number of hydrogen-bond acceptors (Lipinski definition) is 6. The van der Waals surface area contributed by atoms with Gasteiger partial charge in [0.1, 0.15) is 12.8 Å². The largest absolute Gasteiger partial charge is 0.490 e. The number of carbonyl (C=O) groups is 1. The molecule has 1 amide bonds. The summed E-state index contributed by atoms with van der Waals surface area (Å²) in [6, 6.07) is 17.7. The van der Waals surface area contributed by atoms with Crippen LogP contribution in [0.25, 0.3) is 0 Å². The zero-order chi connectivity index (χ0) is 22.6. The topological polar surface area (TPSA) is 60.0 Å². The van der Waals surface area contributed by atoms with Crippen molar-refractivity contribution < 1.29 is 19.0 Å². The average Bonchev–Trinajstić information content (AvgIpc) is 3.55. The summed E-state index contributed by atoms with van der Waals surface area (Å²) in [6.07, 6.45) is 1.75. The molecule has 0 radical (unpaired) electrons. The molecule has 0 bridgehead atoms. The summed E-state index contributed by atoms with van der Waals surface area (Å²) in [6.45, 7) is 4.28. The predicted octanol–water partition coefficient (Wildman–Crippen LogP) is 5.47. The van der Waals surface area contributed by atoms with Gasteiger partial charge in [-0.3, -0.25) is 4.79 Å². The van der Waals surface area contributed by atoms with E-state index in [1.165, 1.54) is 0 Å². The van der Waals surface area contributed by atoms with Gasteiger partial charge in [-0.2, -0.15) is 0 Å². The molecule has 0 aliphatic carbocycles. The van der Waals surface area contributed by atoms with Crippen molar-refractivity contribution in [1.29, 1.82) is 0 Å². The minimum Gasteiger partial charge on any atom is -0.490 e. The van der Waals surface area contributed by atoms with Crippen molar-refractivity contribution in [2.75, 3.05) is 25.1 Å². The molecule has 2 aliphatic rings. The average molecular weight is 465 g/mol. The van der Waals surface area contributed by atoms with Crippen LogP contribution in [-0.4, -0.2) is 36.7 Å². The summed E-state index contributed by atoms with van der Waals surface area (Å²) in [5.41, 5.74) is 2.47. The van der Waals surface area contributed by atoms with Crippen LogP contribution in [0.3, 0.4) is 0 Å². The fraction of sp³-hybridized carbons (Fsp3) is 0.346. The maximum Gasteiger partial charge on any atom is 0.257 e. The van der Waals surface area contributed by atoms with Crippen molar-refractivity contribution in [3.8, 4) is 11.5 Å². The SMILES string of the molecule is CCOc1cc(C2Nc3ccccc3C(=O)N2CC2CCCO2)ccc1OCc1cccs1. The van der Waals surface area contributed by atoms with Gasteiger partial charge >= 0.3 is 0 Å². The molecule has 0 spiro atoms. The highest BCUT2D eigenvalue weighted by Crippen LogP contribution is 2.38. The summed E-state index contributed by atoms with van der Waals surface area (Å²) in [5, 5.41) is 5.60. The van der Waals surface area contributed by atoms with Gasteiger partial charge in [0.15, 0.2) is 11.5 Å². The van der Waals surface area contributed by atoms with Gasteiger partial charge in [-0.15, -0.1) is 11.3 Å². The zero-order valence-electron chi connectivity index (χ0n) is 18.7. The molecule has 3 heterocycles. The second-order valence-corrected chi connectivity index (χ2v) is 9.22. The van der Waals surface area contributed by atoms with Gasteiger partial charge in [0, 0.05) is 23.7 Å². The molecular weight excluding hydrogens is 436 g/mol. The van der Waals surface area contributed by atoms with Crippen LogP contribution in [0.4, 0.5) is 5.69 Å². The van der Waals surface area contributed by atoms with E-state index in [0.29, 0.717) is 36.8 Å². The molecule has 0 saturated carbocycles. The first kappa shape index (κ1) is 21.8. The minimum atomic E-state index is -0.317. The lowest BCUT2D eigenvalue weighted by molar-refractivity contribution is 0.0426. The minimum absolute atomic E-state index is 0.0147. The van der Waals surface area contributed by atoms with E-state index >= 15 is 0 Å². The number of benzene rings is 2. The quantitative estimate of drug-likeness (QED) is 0.479. The van der Waals surface area contributed by atoms with E-state index in [2.05, 4.69) is 11.4 Å². The summed E-state index contributed by atoms with van der Waals surface area (Å²) < 4.78 is 17.8. The van der Waals surface area contributed by atoms with Gasteiger partial charge in [-0.1, -0.05) is 24.3 Å². The Balaban J connectivity index is 1.45. The Morgan fingerprint density at radius 3 is 2.82 bits per heavy atom. The van der Waals surface area contributed by atoms with Crippen molar-refractivity contribution >= 4 is 22.9 Å². The number of para-hydroxylation sites is 1. The van der Waals surface area contributed by atoms with E-state index in [0.717, 1.165) is 35.6 Å². The Kier molecular flexibility index (Phi) is 6.51. The normalized spacial score (nSPS) is 19.8. The maximum atomic E-state index is 13.5. The van der Waals surface area contributed by atoms with E-state index < -0.39 is 0 Å². The van der Waals surface area contributed by atoms with E-state index in [9.17, 15) is 4.79 Å². The molecule has 1 fully saturated rings. The first-order valence-electron chi connectivity index (χ1n) is 11.4. The second-order valence-electron chi connectivity index (χ2n) is 8.19. The van der Waals surface area contributed by atoms with Crippen molar-refractivity contribution in [2.24, 2.45) is 0 Å². The molecule has 2 aliphatic heterocycles. The van der Waals surface area contributed by atoms with Crippen LogP contribution in [0.15, 0.2) is 60.0 Å². The first-order valence-corrected chi connectivity index (χ1v) is 12.3. The van der Waals surface area contributed by atoms with Crippen LogP contribution in [0.1, 0.15) is 46.7 Å². The number of thiophene rings is 1. The molecule has 1 N–H and O–H groups in total. The van der Waals surface area contributed by atoms with Gasteiger partial charge in [-0.25, -0.2) is 0 Å². The molecule has 3 aromatic rings. The lowest BCUT2D eigenvalue weighted by Gasteiger charge is -2.39. The zero-order valence-corrected chi connectivity index (χ0v) is 19.5. The number of hydrogen-bond donors (Lipinski definition) is 1. The number of amides is 1. The fourth-order valence-electron chi connectivity index (χ4n) is 4.38. The monoisotopic (exact) mass is 464 g/mol. The number of carbonyl (C=O) groups excluding carboxylic acids is 1. The van der Waals surface area contributed by atoms with Gasteiger partial charge in [0.25, 0.3) is 5.91 Å². The summed E-state index contributed by atoms with van der Waals surface area (Å²) in [5.74, 6) is 1.39. The molecule has 7 heteroatoms. The number of rotatable bonds is 8. The molecule has 6 nitrogen and oxygen atoms in total. The first-order chi connectivity index (χ1) is 16.2. The lowest BCUT2D eigenvalue weighted by Crippen LogP contribution is -2.46. The lowest BCUT2D eigenvalue weighted by atomic mass is 10.0. The molecule has 1 saturated heterocycles. The standard InChI is InChI=1S/C26H28N2O4S/c1-2-30-24-15-18(11-12-23(24)32-17-20-8-6-14-33-20)25-27-22-10-4-3-9-21(22)26(29)28(25)16-19-7-5-13-31-19/h3-4,6,8-12,14-15,19,25,27H,2,5,7,13,16-17H2,1H3. The van der Waals surface area contributed by atoms with Crippen LogP contribution in [0, 0.1) is 0 Å². The van der Waals surface area contributed by atoms with E-state index in [4.69, 9.17) is 14.2 Å². The number of nitrogens with one attached hydrogen (secondary N) is 1. The third-order valence-corrected chi connectivity index (χ3v) is 6.83. The number of ether oxygens (including phenoxy) is 3. The molecule has 33 heavy (non-hydrogen) atoms. The Morgan fingerprint density at radius 2 is 2.03 bits per heavy atom. The van der Waals surface area contributed by atoms with Gasteiger partial charge in [-0.05, 0) is 61.0 Å². The van der Waals surface area contributed by atoms with Gasteiger partial charge in [0.2, 0.25) is 0 Å². The summed E-state index contributed by atoms with van der Waals surface area (Å²) in [7, 11) is 0. The van der Waals surface area contributed by atoms with E-state index in [1.54, 1.807) is 11.3 Å². The van der Waals surface area contributed by atoms with Gasteiger partial charge < -0.3 is 24.4 Å². The van der Waals surface area contributed by atoms with E-state index in [1.807, 2.05) is 65.7 Å². The van der Waals surface area contributed by atoms with Crippen molar-refractivity contribution in [3.05, 3.63) is 76.0 Å². The molecule has 2 unspecified atom stereocenters. The van der Waals surface area contributed by atoms with Gasteiger partial charge in [0.05, 0.1) is 18.3 Å². The van der Waals surface area contributed by atoms with Crippen molar-refractivity contribution in [3.63, 3.8) is 0 Å². The summed E-state index contributed by atoms with van der Waals surface area (Å²) >= 11 is 1.66. The maximum absolute atomic E-state index is 13.5. The smallest absolute Gasteiger partial charge is 0.257 e. The Bertz CT molecular complexity index is 1100. The predicted molar refractivity (Wildman–Crippen MR) is 129 cm³/mol. The highest BCUT2D eigenvalue weighted by atomic mass is 32.1. The third-order valence-electron chi connectivity index (χ3n) is 5.98. The third kappa shape index (κ3) is 4.70. The molecule has 5 rings (SSSR count). The van der Waals surface area contributed by atoms with Crippen molar-refractivity contribution in [2.45, 2.75) is 38.6 Å². The van der Waals surface area contributed by atoms with Crippen LogP contribution in [-0.2, 0) is 11.3 Å². The highest BCUT2D eigenvalue weighted by molar-refractivity contribution is 7.09. The molecule has 1 aromatic heterocycles. The number of fused-ring (bicyclic) bond motifs is 1. The van der Waals surface area contributed by atoms with E-state index in [-0.39, 0.29) is 18.2 Å². The van der Waals surface area contributed by atoms with Crippen LogP contribution >= 0.6 is 11.3 Å². The summed E-state index contributed by atoms with van der Waals surface area (Å²) in [4.78, 5) is 16.5. The molecule has 172 valence electrons. The Morgan fingerprint density at radius 1 is 1.12 bits per heavy atom. The number of nitrogens with zero attached hydrogens (tertiary/aromatic N) is 1. The Labute approximate surface area is 198 Å². The van der Waals surface area contributed by atoms with Crippen LogP contribution < -0.4 is 14.8 Å². The van der Waals surface area contributed by atoms with Crippen molar-refractivity contribution in [1.82, 2.24) is 4.90 Å².